The molecule has 0 heterocycles. The summed E-state index contributed by atoms with van der Waals surface area (Å²) in [5.74, 6) is 1.17. The molecule has 0 unspecified atom stereocenters. The highest BCUT2D eigenvalue weighted by Gasteiger charge is 2.22. The van der Waals surface area contributed by atoms with E-state index >= 15 is 0 Å². The summed E-state index contributed by atoms with van der Waals surface area (Å²) in [7, 11) is 0. The smallest absolute Gasteiger partial charge is 0.277 e. The molecule has 0 aliphatic heterocycles. The third-order valence-corrected chi connectivity index (χ3v) is 5.99. The van der Waals surface area contributed by atoms with Gasteiger partial charge in [-0.15, -0.1) is 0 Å². The number of hydrazone groups is 1. The Morgan fingerprint density at radius 2 is 1.46 bits per heavy atom. The first-order valence-corrected chi connectivity index (χ1v) is 12.3. The minimum absolute atomic E-state index is 0.108. The standard InChI is InChI=1S/C30H36N2O3/c1-4-5-6-10-21-34-27-17-13-24(14-18-27)22-31-32-29(33)23-35-28-19-15-26(16-20-28)30(2,3)25-11-8-7-9-12-25/h7-9,11-20,22H,4-6,10,21,23H2,1-3H3,(H,32,33)/b31-22+. The van der Waals surface area contributed by atoms with E-state index in [0.29, 0.717) is 5.75 Å². The number of nitrogens with one attached hydrogen (secondary N) is 1. The molecule has 0 radical (unpaired) electrons. The minimum atomic E-state index is -0.318. The van der Waals surface area contributed by atoms with Gasteiger partial charge in [0, 0.05) is 5.41 Å². The van der Waals surface area contributed by atoms with E-state index in [1.807, 2.05) is 54.6 Å². The molecule has 35 heavy (non-hydrogen) atoms. The number of rotatable bonds is 13. The highest BCUT2D eigenvalue weighted by Crippen LogP contribution is 2.32. The van der Waals surface area contributed by atoms with Gasteiger partial charge in [-0.05, 0) is 59.5 Å². The van der Waals surface area contributed by atoms with Crippen LogP contribution in [0.1, 0.15) is 63.1 Å². The molecule has 0 saturated heterocycles. The summed E-state index contributed by atoms with van der Waals surface area (Å²) in [6.45, 7) is 7.21. The summed E-state index contributed by atoms with van der Waals surface area (Å²) < 4.78 is 11.4. The quantitative estimate of drug-likeness (QED) is 0.175. The van der Waals surface area contributed by atoms with Crippen LogP contribution in [-0.4, -0.2) is 25.3 Å². The second kappa shape index (κ2) is 13.3. The molecule has 0 atom stereocenters. The number of unbranched alkanes of at least 4 members (excludes halogenated alkanes) is 3. The van der Waals surface area contributed by atoms with E-state index in [9.17, 15) is 4.79 Å². The third kappa shape index (κ3) is 8.29. The van der Waals surface area contributed by atoms with Gasteiger partial charge in [-0.2, -0.15) is 5.10 Å². The zero-order valence-corrected chi connectivity index (χ0v) is 21.0. The molecular formula is C30H36N2O3. The molecule has 184 valence electrons. The molecule has 0 aliphatic rings. The fourth-order valence-corrected chi connectivity index (χ4v) is 3.72. The monoisotopic (exact) mass is 472 g/mol. The van der Waals surface area contributed by atoms with Crippen molar-refractivity contribution < 1.29 is 14.3 Å². The molecule has 1 amide bonds. The maximum Gasteiger partial charge on any atom is 0.277 e. The molecular weight excluding hydrogens is 436 g/mol. The Balaban J connectivity index is 1.41. The van der Waals surface area contributed by atoms with Gasteiger partial charge >= 0.3 is 0 Å². The highest BCUT2D eigenvalue weighted by atomic mass is 16.5. The van der Waals surface area contributed by atoms with E-state index in [1.165, 1.54) is 30.4 Å². The first-order valence-electron chi connectivity index (χ1n) is 12.3. The van der Waals surface area contributed by atoms with Gasteiger partial charge in [-0.25, -0.2) is 5.43 Å². The Labute approximate surface area is 209 Å². The Bertz CT molecular complexity index is 1060. The summed E-state index contributed by atoms with van der Waals surface area (Å²) in [4.78, 5) is 12.1. The van der Waals surface area contributed by atoms with Gasteiger partial charge in [0.1, 0.15) is 11.5 Å². The zero-order valence-electron chi connectivity index (χ0n) is 21.0. The third-order valence-electron chi connectivity index (χ3n) is 5.99. The average Bonchev–Trinajstić information content (AvgIpc) is 2.89. The molecule has 3 aromatic rings. The van der Waals surface area contributed by atoms with Crippen molar-refractivity contribution in [3.8, 4) is 11.5 Å². The van der Waals surface area contributed by atoms with Crippen molar-refractivity contribution in [1.82, 2.24) is 5.43 Å². The Kier molecular flexibility index (Phi) is 9.91. The van der Waals surface area contributed by atoms with Gasteiger partial charge in [0.05, 0.1) is 12.8 Å². The zero-order chi connectivity index (χ0) is 24.9. The second-order valence-electron chi connectivity index (χ2n) is 9.08. The molecule has 3 rings (SSSR count). The van der Waals surface area contributed by atoms with Crippen LogP contribution in [0.3, 0.4) is 0 Å². The van der Waals surface area contributed by atoms with E-state index in [0.717, 1.165) is 24.3 Å². The van der Waals surface area contributed by atoms with E-state index in [1.54, 1.807) is 6.21 Å². The predicted octanol–water partition coefficient (Wildman–Crippen LogP) is 6.50. The van der Waals surface area contributed by atoms with Gasteiger partial charge < -0.3 is 9.47 Å². The summed E-state index contributed by atoms with van der Waals surface area (Å²) in [6.07, 6.45) is 6.33. The van der Waals surface area contributed by atoms with Crippen molar-refractivity contribution in [3.05, 3.63) is 95.6 Å². The van der Waals surface area contributed by atoms with Gasteiger partial charge in [-0.1, -0.05) is 82.5 Å². The molecule has 0 fully saturated rings. The summed E-state index contributed by atoms with van der Waals surface area (Å²) in [5, 5.41) is 4.01. The molecule has 3 aromatic carbocycles. The predicted molar refractivity (Wildman–Crippen MR) is 142 cm³/mol. The lowest BCUT2D eigenvalue weighted by molar-refractivity contribution is -0.123. The van der Waals surface area contributed by atoms with Crippen LogP contribution in [0.5, 0.6) is 11.5 Å². The van der Waals surface area contributed by atoms with Crippen molar-refractivity contribution in [3.63, 3.8) is 0 Å². The van der Waals surface area contributed by atoms with Crippen LogP contribution in [0.2, 0.25) is 0 Å². The van der Waals surface area contributed by atoms with E-state index in [-0.39, 0.29) is 17.9 Å². The largest absolute Gasteiger partial charge is 0.494 e. The lowest BCUT2D eigenvalue weighted by Crippen LogP contribution is -2.24. The Morgan fingerprint density at radius 1 is 0.829 bits per heavy atom. The SMILES string of the molecule is CCCCCCOc1ccc(/C=N/NC(=O)COc2ccc(C(C)(C)c3ccccc3)cc2)cc1. The van der Waals surface area contributed by atoms with Gasteiger partial charge in [0.25, 0.3) is 5.91 Å². The van der Waals surface area contributed by atoms with Crippen LogP contribution in [-0.2, 0) is 10.2 Å². The Hall–Kier alpha value is -3.60. The number of carbonyl (C=O) groups excluding carboxylic acids is 1. The molecule has 0 saturated carbocycles. The van der Waals surface area contributed by atoms with Crippen LogP contribution in [0, 0.1) is 0 Å². The van der Waals surface area contributed by atoms with Crippen molar-refractivity contribution in [1.29, 1.82) is 0 Å². The van der Waals surface area contributed by atoms with Crippen LogP contribution in [0.4, 0.5) is 0 Å². The van der Waals surface area contributed by atoms with Crippen molar-refractivity contribution in [2.45, 2.75) is 51.9 Å². The number of carbonyl (C=O) groups is 1. The topological polar surface area (TPSA) is 59.9 Å². The molecule has 0 spiro atoms. The van der Waals surface area contributed by atoms with E-state index in [2.05, 4.69) is 55.6 Å². The maximum absolute atomic E-state index is 12.1. The van der Waals surface area contributed by atoms with Crippen molar-refractivity contribution in [2.75, 3.05) is 13.2 Å². The fraction of sp³-hybridized carbons (Fsp3) is 0.333. The average molecular weight is 473 g/mol. The summed E-state index contributed by atoms with van der Waals surface area (Å²) >= 11 is 0. The van der Waals surface area contributed by atoms with Crippen LogP contribution in [0.15, 0.2) is 84.0 Å². The minimum Gasteiger partial charge on any atom is -0.494 e. The van der Waals surface area contributed by atoms with Gasteiger partial charge in [0.15, 0.2) is 6.61 Å². The number of nitrogens with zero attached hydrogens (tertiary/aromatic N) is 1. The molecule has 0 aliphatic carbocycles. The number of ether oxygens (including phenoxy) is 2. The molecule has 0 aromatic heterocycles. The molecule has 5 heteroatoms. The first kappa shape index (κ1) is 26.0. The van der Waals surface area contributed by atoms with Crippen LogP contribution < -0.4 is 14.9 Å². The molecule has 5 nitrogen and oxygen atoms in total. The van der Waals surface area contributed by atoms with E-state index in [4.69, 9.17) is 9.47 Å². The lowest BCUT2D eigenvalue weighted by atomic mass is 9.78. The number of benzene rings is 3. The molecule has 0 bridgehead atoms. The molecule has 1 N–H and O–H groups in total. The Morgan fingerprint density at radius 3 is 2.14 bits per heavy atom. The normalized spacial score (nSPS) is 11.4. The van der Waals surface area contributed by atoms with Crippen LogP contribution >= 0.6 is 0 Å². The highest BCUT2D eigenvalue weighted by molar-refractivity contribution is 5.83. The van der Waals surface area contributed by atoms with Crippen LogP contribution in [0.25, 0.3) is 0 Å². The maximum atomic E-state index is 12.1. The summed E-state index contributed by atoms with van der Waals surface area (Å²) in [6, 6.07) is 25.9. The lowest BCUT2D eigenvalue weighted by Gasteiger charge is -2.26. The van der Waals surface area contributed by atoms with Crippen molar-refractivity contribution >= 4 is 12.1 Å². The number of hydrogen-bond donors (Lipinski definition) is 1. The first-order chi connectivity index (χ1) is 17.0. The van der Waals surface area contributed by atoms with E-state index < -0.39 is 0 Å². The van der Waals surface area contributed by atoms with Gasteiger partial charge in [-0.3, -0.25) is 4.79 Å². The van der Waals surface area contributed by atoms with Gasteiger partial charge in [0.2, 0.25) is 0 Å². The second-order valence-corrected chi connectivity index (χ2v) is 9.08. The number of hydrogen-bond acceptors (Lipinski definition) is 4. The number of amides is 1. The fourth-order valence-electron chi connectivity index (χ4n) is 3.72. The van der Waals surface area contributed by atoms with Crippen molar-refractivity contribution in [2.24, 2.45) is 5.10 Å². The summed E-state index contributed by atoms with van der Waals surface area (Å²) in [5.41, 5.74) is 5.68.